The Morgan fingerprint density at radius 2 is 2.30 bits per heavy atom. The molecule has 1 fully saturated rings. The highest BCUT2D eigenvalue weighted by Gasteiger charge is 2.27. The van der Waals surface area contributed by atoms with Crippen molar-refractivity contribution in [2.75, 3.05) is 13.1 Å². The van der Waals surface area contributed by atoms with Gasteiger partial charge in [0, 0.05) is 30.9 Å². The molecule has 2 aromatic rings. The van der Waals surface area contributed by atoms with Gasteiger partial charge in [0.2, 0.25) is 0 Å². The topological polar surface area (TPSA) is 57.8 Å². The first-order valence-electron chi connectivity index (χ1n) is 7.01. The number of fused-ring (bicyclic) bond motifs is 1. The number of nitrogens with zero attached hydrogens (tertiary/aromatic N) is 3. The highest BCUT2D eigenvalue weighted by molar-refractivity contribution is 5.94. The van der Waals surface area contributed by atoms with Gasteiger partial charge in [-0.2, -0.15) is 0 Å². The summed E-state index contributed by atoms with van der Waals surface area (Å²) in [6.45, 7) is 6.50. The Bertz CT molecular complexity index is 648. The molecule has 1 saturated heterocycles. The lowest BCUT2D eigenvalue weighted by Gasteiger charge is -2.19. The first-order chi connectivity index (χ1) is 9.56. The minimum absolute atomic E-state index is 0.262. The van der Waals surface area contributed by atoms with Crippen molar-refractivity contribution in [3.05, 3.63) is 35.8 Å². The maximum absolute atomic E-state index is 11.2. The maximum Gasteiger partial charge on any atom is 0.339 e. The number of imidazole rings is 1. The van der Waals surface area contributed by atoms with Gasteiger partial charge in [-0.15, -0.1) is 0 Å². The third-order valence-electron chi connectivity index (χ3n) is 4.10. The zero-order valence-electron chi connectivity index (χ0n) is 11.8. The summed E-state index contributed by atoms with van der Waals surface area (Å²) in [5.74, 6) is -0.526. The molecule has 0 bridgehead atoms. The Kier molecular flexibility index (Phi) is 3.22. The predicted molar refractivity (Wildman–Crippen MR) is 76.2 cm³/mol. The number of aromatic carboxylic acids is 1. The lowest BCUT2D eigenvalue weighted by molar-refractivity contribution is 0.0698. The summed E-state index contributed by atoms with van der Waals surface area (Å²) in [6.07, 6.45) is 4.91. The molecule has 3 rings (SSSR count). The van der Waals surface area contributed by atoms with E-state index in [0.717, 1.165) is 25.2 Å². The van der Waals surface area contributed by atoms with E-state index in [1.54, 1.807) is 12.1 Å². The molecular weight excluding hydrogens is 254 g/mol. The molecule has 0 radical (unpaired) electrons. The van der Waals surface area contributed by atoms with Gasteiger partial charge in [-0.3, -0.25) is 0 Å². The van der Waals surface area contributed by atoms with Crippen molar-refractivity contribution in [2.45, 2.75) is 32.2 Å². The van der Waals surface area contributed by atoms with Crippen LogP contribution in [0.4, 0.5) is 0 Å². The summed E-state index contributed by atoms with van der Waals surface area (Å²) in [5.41, 5.74) is 1.80. The molecule has 0 aliphatic carbocycles. The van der Waals surface area contributed by atoms with E-state index in [1.807, 2.05) is 16.8 Å². The van der Waals surface area contributed by atoms with Crippen LogP contribution < -0.4 is 0 Å². The third kappa shape index (κ3) is 2.18. The molecule has 0 amide bonds. The van der Waals surface area contributed by atoms with Crippen LogP contribution in [0.2, 0.25) is 0 Å². The number of rotatable bonds is 3. The molecule has 0 saturated carbocycles. The largest absolute Gasteiger partial charge is 0.478 e. The lowest BCUT2D eigenvalue weighted by Crippen LogP contribution is -2.27. The molecule has 5 heteroatoms. The molecule has 0 spiro atoms. The Morgan fingerprint density at radius 3 is 2.95 bits per heavy atom. The van der Waals surface area contributed by atoms with Gasteiger partial charge in [-0.25, -0.2) is 9.78 Å². The summed E-state index contributed by atoms with van der Waals surface area (Å²) < 4.78 is 1.82. The van der Waals surface area contributed by atoms with Crippen LogP contribution in [0.15, 0.2) is 24.5 Å². The fraction of sp³-hybridized carbons (Fsp3) is 0.467. The van der Waals surface area contributed by atoms with Crippen molar-refractivity contribution in [2.24, 2.45) is 0 Å². The van der Waals surface area contributed by atoms with E-state index < -0.39 is 5.97 Å². The summed E-state index contributed by atoms with van der Waals surface area (Å²) >= 11 is 0. The van der Waals surface area contributed by atoms with Gasteiger partial charge in [0.05, 0.1) is 5.69 Å². The number of carboxylic acid groups (broad SMARTS) is 1. The maximum atomic E-state index is 11.2. The molecule has 1 atom stereocenters. The second-order valence-corrected chi connectivity index (χ2v) is 5.70. The molecule has 1 aliphatic heterocycles. The average Bonchev–Trinajstić information content (AvgIpc) is 3.04. The molecule has 20 heavy (non-hydrogen) atoms. The van der Waals surface area contributed by atoms with E-state index in [1.165, 1.54) is 0 Å². The fourth-order valence-corrected chi connectivity index (χ4v) is 2.89. The molecule has 5 nitrogen and oxygen atoms in total. The molecule has 3 heterocycles. The van der Waals surface area contributed by atoms with E-state index in [0.29, 0.717) is 17.6 Å². The van der Waals surface area contributed by atoms with E-state index in [-0.39, 0.29) is 5.56 Å². The van der Waals surface area contributed by atoms with E-state index in [2.05, 4.69) is 23.7 Å². The fourth-order valence-electron chi connectivity index (χ4n) is 2.89. The van der Waals surface area contributed by atoms with Crippen LogP contribution in [0.3, 0.4) is 0 Å². The molecule has 106 valence electrons. The smallest absolute Gasteiger partial charge is 0.339 e. The standard InChI is InChI=1S/C15H19N3O2/c1-10(2)17-7-5-11(8-17)13-9-18-6-3-4-12(15(19)20)14(18)16-13/h3-4,6,9-11H,5,7-8H2,1-2H3,(H,19,20). The highest BCUT2D eigenvalue weighted by Crippen LogP contribution is 2.28. The second kappa shape index (κ2) is 4.90. The summed E-state index contributed by atoms with van der Waals surface area (Å²) in [6, 6.07) is 3.90. The van der Waals surface area contributed by atoms with E-state index in [9.17, 15) is 9.90 Å². The molecular formula is C15H19N3O2. The van der Waals surface area contributed by atoms with Gasteiger partial charge in [0.1, 0.15) is 5.56 Å². The van der Waals surface area contributed by atoms with Gasteiger partial charge in [-0.05, 0) is 38.9 Å². The van der Waals surface area contributed by atoms with Gasteiger partial charge in [-0.1, -0.05) is 0 Å². The lowest BCUT2D eigenvalue weighted by atomic mass is 10.1. The van der Waals surface area contributed by atoms with Gasteiger partial charge in [0.15, 0.2) is 5.65 Å². The van der Waals surface area contributed by atoms with Gasteiger partial charge in [0.25, 0.3) is 0 Å². The van der Waals surface area contributed by atoms with E-state index in [4.69, 9.17) is 0 Å². The van der Waals surface area contributed by atoms with Crippen LogP contribution >= 0.6 is 0 Å². The van der Waals surface area contributed by atoms with Crippen LogP contribution in [0.5, 0.6) is 0 Å². The normalized spacial score (nSPS) is 20.1. The quantitative estimate of drug-likeness (QED) is 0.931. The number of carboxylic acids is 1. The Labute approximate surface area is 117 Å². The van der Waals surface area contributed by atoms with Crippen LogP contribution in [0.25, 0.3) is 5.65 Å². The van der Waals surface area contributed by atoms with Crippen LogP contribution in [-0.4, -0.2) is 44.5 Å². The number of likely N-dealkylation sites (tertiary alicyclic amines) is 1. The van der Waals surface area contributed by atoms with Crippen molar-refractivity contribution >= 4 is 11.6 Å². The van der Waals surface area contributed by atoms with Crippen molar-refractivity contribution < 1.29 is 9.90 Å². The van der Waals surface area contributed by atoms with Gasteiger partial charge < -0.3 is 14.4 Å². The van der Waals surface area contributed by atoms with Crippen molar-refractivity contribution in [1.29, 1.82) is 0 Å². The number of aromatic nitrogens is 2. The number of hydrogen-bond acceptors (Lipinski definition) is 3. The Balaban J connectivity index is 1.94. The predicted octanol–water partition coefficient (Wildman–Crippen LogP) is 2.23. The van der Waals surface area contributed by atoms with Crippen molar-refractivity contribution in [3.8, 4) is 0 Å². The zero-order valence-corrected chi connectivity index (χ0v) is 11.8. The van der Waals surface area contributed by atoms with Crippen LogP contribution in [0, 0.1) is 0 Å². The first kappa shape index (κ1) is 13.1. The average molecular weight is 273 g/mol. The number of pyridine rings is 1. The molecule has 1 aliphatic rings. The van der Waals surface area contributed by atoms with Crippen LogP contribution in [0.1, 0.15) is 42.2 Å². The van der Waals surface area contributed by atoms with Crippen LogP contribution in [-0.2, 0) is 0 Å². The highest BCUT2D eigenvalue weighted by atomic mass is 16.4. The monoisotopic (exact) mass is 273 g/mol. The Hall–Kier alpha value is -1.88. The number of hydrogen-bond donors (Lipinski definition) is 1. The Morgan fingerprint density at radius 1 is 1.50 bits per heavy atom. The minimum atomic E-state index is -0.928. The summed E-state index contributed by atoms with van der Waals surface area (Å²) in [4.78, 5) is 18.2. The molecule has 1 unspecified atom stereocenters. The molecule has 2 aromatic heterocycles. The molecule has 0 aromatic carbocycles. The molecule has 1 N–H and O–H groups in total. The summed E-state index contributed by atoms with van der Waals surface area (Å²) in [5, 5.41) is 9.21. The number of carbonyl (C=O) groups is 1. The SMILES string of the molecule is CC(C)N1CCC(c2cn3cccc(C(=O)O)c3n2)C1. The second-order valence-electron chi connectivity index (χ2n) is 5.70. The van der Waals surface area contributed by atoms with E-state index >= 15 is 0 Å². The first-order valence-corrected chi connectivity index (χ1v) is 7.01. The zero-order chi connectivity index (χ0) is 14.3. The van der Waals surface area contributed by atoms with Crippen molar-refractivity contribution in [3.63, 3.8) is 0 Å². The summed E-state index contributed by atoms with van der Waals surface area (Å²) in [7, 11) is 0. The van der Waals surface area contributed by atoms with Gasteiger partial charge >= 0.3 is 5.97 Å². The third-order valence-corrected chi connectivity index (χ3v) is 4.10. The minimum Gasteiger partial charge on any atom is -0.478 e. The van der Waals surface area contributed by atoms with Crippen molar-refractivity contribution in [1.82, 2.24) is 14.3 Å².